The van der Waals surface area contributed by atoms with Gasteiger partial charge in [-0.15, -0.1) is 0 Å². The fourth-order valence-corrected chi connectivity index (χ4v) is 4.77. The monoisotopic (exact) mass is 410 g/mol. The molecule has 0 aromatic carbocycles. The van der Waals surface area contributed by atoms with Gasteiger partial charge in [0.2, 0.25) is 0 Å². The number of hydrogen-bond donors (Lipinski definition) is 3. The Hall–Kier alpha value is -1.46. The van der Waals surface area contributed by atoms with Gasteiger partial charge in [-0.1, -0.05) is 66.2 Å². The molecule has 170 valence electrons. The zero-order chi connectivity index (χ0) is 18.9. The van der Waals surface area contributed by atoms with Gasteiger partial charge in [0, 0.05) is 31.7 Å². The topological polar surface area (TPSA) is 73.5 Å². The Morgan fingerprint density at radius 2 is 1.24 bits per heavy atom. The minimum Gasteiger partial charge on any atom is -0.338 e. The molecule has 3 N–H and O–H groups in total. The van der Waals surface area contributed by atoms with Crippen LogP contribution in [0.2, 0.25) is 0 Å². The Bertz CT molecular complexity index is 471. The summed E-state index contributed by atoms with van der Waals surface area (Å²) in [6.45, 7) is 2.21. The zero-order valence-electron chi connectivity index (χ0n) is 16.8. The summed E-state index contributed by atoms with van der Waals surface area (Å²) in [5, 5.41) is 9.39. The number of carbonyl (C=O) groups is 2. The second-order valence-corrected chi connectivity index (χ2v) is 8.78. The standard InChI is InChI=1S/C21H38N4O2.2CH4/c26-20(23-18-9-5-2-1-3-6-10-18)22-15-17-13-14-25(16-17)21(27)24-19-11-7-4-8-12-19;;/h17-19H,1-16H2,(H,24,27)(H2,22,23,26);2*1H4. The quantitative estimate of drug-likeness (QED) is 0.608. The Labute approximate surface area is 178 Å². The van der Waals surface area contributed by atoms with E-state index in [1.807, 2.05) is 4.90 Å². The number of nitrogens with zero attached hydrogens (tertiary/aromatic N) is 1. The van der Waals surface area contributed by atoms with E-state index in [0.717, 1.165) is 45.2 Å². The first-order chi connectivity index (χ1) is 13.2. The van der Waals surface area contributed by atoms with Gasteiger partial charge in [-0.3, -0.25) is 0 Å². The molecule has 1 saturated heterocycles. The van der Waals surface area contributed by atoms with Crippen LogP contribution < -0.4 is 16.0 Å². The number of carbonyl (C=O) groups excluding carboxylic acids is 2. The fourth-order valence-electron chi connectivity index (χ4n) is 4.77. The molecule has 0 spiro atoms. The van der Waals surface area contributed by atoms with Gasteiger partial charge < -0.3 is 20.9 Å². The molecular formula is C23H46N4O2. The highest BCUT2D eigenvalue weighted by molar-refractivity contribution is 5.75. The van der Waals surface area contributed by atoms with E-state index >= 15 is 0 Å². The van der Waals surface area contributed by atoms with Crippen LogP contribution in [0.5, 0.6) is 0 Å². The third-order valence-electron chi connectivity index (χ3n) is 6.50. The van der Waals surface area contributed by atoms with Crippen LogP contribution in [-0.2, 0) is 0 Å². The van der Waals surface area contributed by atoms with Crippen molar-refractivity contribution in [1.82, 2.24) is 20.9 Å². The average molecular weight is 411 g/mol. The van der Waals surface area contributed by atoms with E-state index in [2.05, 4.69) is 16.0 Å². The lowest BCUT2D eigenvalue weighted by Gasteiger charge is -2.26. The summed E-state index contributed by atoms with van der Waals surface area (Å²) in [4.78, 5) is 26.6. The highest BCUT2D eigenvalue weighted by Gasteiger charge is 2.28. The molecular weight excluding hydrogens is 364 g/mol. The van der Waals surface area contributed by atoms with Gasteiger partial charge in [0.05, 0.1) is 0 Å². The van der Waals surface area contributed by atoms with Crippen molar-refractivity contribution in [2.75, 3.05) is 19.6 Å². The maximum absolute atomic E-state index is 12.4. The van der Waals surface area contributed by atoms with Gasteiger partial charge in [-0.2, -0.15) is 0 Å². The molecule has 2 saturated carbocycles. The molecule has 1 atom stereocenters. The minimum atomic E-state index is -0.0364. The van der Waals surface area contributed by atoms with Crippen molar-refractivity contribution in [1.29, 1.82) is 0 Å². The number of rotatable bonds is 4. The van der Waals surface area contributed by atoms with Crippen molar-refractivity contribution in [2.45, 2.75) is 110 Å². The maximum atomic E-state index is 12.4. The van der Waals surface area contributed by atoms with Crippen molar-refractivity contribution in [2.24, 2.45) is 5.92 Å². The van der Waals surface area contributed by atoms with E-state index in [9.17, 15) is 9.59 Å². The lowest BCUT2D eigenvalue weighted by molar-refractivity contribution is 0.198. The van der Waals surface area contributed by atoms with E-state index in [-0.39, 0.29) is 26.9 Å². The van der Waals surface area contributed by atoms with Crippen LogP contribution >= 0.6 is 0 Å². The van der Waals surface area contributed by atoms with E-state index in [0.29, 0.717) is 24.5 Å². The van der Waals surface area contributed by atoms with Crippen molar-refractivity contribution >= 4 is 12.1 Å². The highest BCUT2D eigenvalue weighted by atomic mass is 16.2. The summed E-state index contributed by atoms with van der Waals surface area (Å²) < 4.78 is 0. The van der Waals surface area contributed by atoms with Crippen molar-refractivity contribution < 1.29 is 9.59 Å². The Morgan fingerprint density at radius 1 is 0.724 bits per heavy atom. The van der Waals surface area contributed by atoms with Crippen molar-refractivity contribution in [3.05, 3.63) is 0 Å². The second kappa shape index (κ2) is 13.7. The van der Waals surface area contributed by atoms with E-state index < -0.39 is 0 Å². The molecule has 1 unspecified atom stereocenters. The predicted molar refractivity (Wildman–Crippen MR) is 121 cm³/mol. The van der Waals surface area contributed by atoms with Gasteiger partial charge >= 0.3 is 12.1 Å². The molecule has 6 heteroatoms. The maximum Gasteiger partial charge on any atom is 0.317 e. The molecule has 29 heavy (non-hydrogen) atoms. The van der Waals surface area contributed by atoms with Crippen LogP contribution in [0.15, 0.2) is 0 Å². The van der Waals surface area contributed by atoms with Gasteiger partial charge in [-0.25, -0.2) is 9.59 Å². The predicted octanol–water partition coefficient (Wildman–Crippen LogP) is 5.03. The largest absolute Gasteiger partial charge is 0.338 e. The molecule has 3 aliphatic rings. The summed E-state index contributed by atoms with van der Waals surface area (Å²) in [6.07, 6.45) is 15.5. The number of hydrogen-bond acceptors (Lipinski definition) is 2. The highest BCUT2D eigenvalue weighted by Crippen LogP contribution is 2.20. The first kappa shape index (κ1) is 25.6. The molecule has 3 rings (SSSR count). The molecule has 0 radical (unpaired) electrons. The second-order valence-electron chi connectivity index (χ2n) is 8.78. The van der Waals surface area contributed by atoms with Gasteiger partial charge in [0.1, 0.15) is 0 Å². The van der Waals surface area contributed by atoms with Gasteiger partial charge in [0.25, 0.3) is 0 Å². The third-order valence-corrected chi connectivity index (χ3v) is 6.50. The van der Waals surface area contributed by atoms with Crippen molar-refractivity contribution in [3.63, 3.8) is 0 Å². The van der Waals surface area contributed by atoms with Crippen LogP contribution in [-0.4, -0.2) is 48.7 Å². The Balaban J connectivity index is 0.00000210. The average Bonchev–Trinajstić information content (AvgIpc) is 3.12. The summed E-state index contributed by atoms with van der Waals surface area (Å²) in [5.74, 6) is 0.366. The first-order valence-electron chi connectivity index (χ1n) is 11.3. The number of urea groups is 2. The first-order valence-corrected chi connectivity index (χ1v) is 11.3. The molecule has 1 aliphatic heterocycles. The molecule has 3 fully saturated rings. The van der Waals surface area contributed by atoms with Gasteiger partial charge in [-0.05, 0) is 38.0 Å². The van der Waals surface area contributed by atoms with Crippen LogP contribution in [0.25, 0.3) is 0 Å². The summed E-state index contributed by atoms with van der Waals surface area (Å²) in [6, 6.07) is 0.735. The van der Waals surface area contributed by atoms with E-state index in [1.54, 1.807) is 0 Å². The Morgan fingerprint density at radius 3 is 1.86 bits per heavy atom. The fraction of sp³-hybridized carbons (Fsp3) is 0.913. The van der Waals surface area contributed by atoms with E-state index in [4.69, 9.17) is 0 Å². The summed E-state index contributed by atoms with van der Waals surface area (Å²) in [5.41, 5.74) is 0. The van der Waals surface area contributed by atoms with Crippen LogP contribution in [0, 0.1) is 5.92 Å². The summed E-state index contributed by atoms with van der Waals surface area (Å²) >= 11 is 0. The molecule has 6 nitrogen and oxygen atoms in total. The lowest BCUT2D eigenvalue weighted by atomic mass is 9.96. The minimum absolute atomic E-state index is 0. The van der Waals surface area contributed by atoms with Crippen LogP contribution in [0.1, 0.15) is 98.3 Å². The third kappa shape index (κ3) is 8.83. The van der Waals surface area contributed by atoms with Crippen molar-refractivity contribution in [3.8, 4) is 0 Å². The Kier molecular flexibility index (Phi) is 12.1. The SMILES string of the molecule is C.C.O=C(NCC1CCN(C(=O)NC2CCCCC2)C1)NC1CCCCCCC1. The zero-order valence-corrected chi connectivity index (χ0v) is 16.8. The number of amides is 4. The van der Waals surface area contributed by atoms with E-state index in [1.165, 1.54) is 51.4 Å². The number of nitrogens with one attached hydrogen (secondary N) is 3. The summed E-state index contributed by atoms with van der Waals surface area (Å²) in [7, 11) is 0. The normalized spacial score (nSPS) is 23.7. The molecule has 1 heterocycles. The number of likely N-dealkylation sites (tertiary alicyclic amines) is 1. The molecule has 0 bridgehead atoms. The van der Waals surface area contributed by atoms with Gasteiger partial charge in [0.15, 0.2) is 0 Å². The van der Waals surface area contributed by atoms with Crippen LogP contribution in [0.4, 0.5) is 9.59 Å². The smallest absolute Gasteiger partial charge is 0.317 e. The van der Waals surface area contributed by atoms with Crippen LogP contribution in [0.3, 0.4) is 0 Å². The lowest BCUT2D eigenvalue weighted by Crippen LogP contribution is -2.46. The molecule has 2 aliphatic carbocycles. The molecule has 0 aromatic heterocycles. The molecule has 4 amide bonds. The molecule has 0 aromatic rings.